The van der Waals surface area contributed by atoms with Crippen LogP contribution in [0.5, 0.6) is 5.75 Å². The number of amides is 2. The molecule has 1 N–H and O–H groups in total. The lowest BCUT2D eigenvalue weighted by Crippen LogP contribution is -2.43. The molecule has 1 aliphatic rings. The van der Waals surface area contributed by atoms with Crippen LogP contribution in [-0.2, 0) is 9.59 Å². The van der Waals surface area contributed by atoms with Crippen LogP contribution in [0.25, 0.3) is 22.0 Å². The average molecular weight is 457 g/mol. The molecule has 8 heteroatoms. The Morgan fingerprint density at radius 3 is 2.73 bits per heavy atom. The number of thiazole rings is 1. The van der Waals surface area contributed by atoms with E-state index in [0.29, 0.717) is 17.1 Å². The highest BCUT2D eigenvalue weighted by Gasteiger charge is 2.28. The summed E-state index contributed by atoms with van der Waals surface area (Å²) in [5, 5.41) is 3.65. The molecule has 2 aromatic carbocycles. The number of rotatable bonds is 5. The van der Waals surface area contributed by atoms with E-state index in [-0.39, 0.29) is 25.0 Å². The maximum atomic E-state index is 12.6. The number of benzene rings is 2. The minimum Gasteiger partial charge on any atom is -0.482 e. The van der Waals surface area contributed by atoms with E-state index in [1.807, 2.05) is 61.5 Å². The molecule has 7 nitrogen and oxygen atoms in total. The molecule has 0 aliphatic carbocycles. The number of carbonyl (C=O) groups excluding carboxylic acids is 2. The van der Waals surface area contributed by atoms with Gasteiger partial charge in [0.05, 0.1) is 17.1 Å². The van der Waals surface area contributed by atoms with Crippen molar-refractivity contribution in [3.63, 3.8) is 0 Å². The Morgan fingerprint density at radius 1 is 1.12 bits per heavy atom. The Labute approximate surface area is 194 Å². The van der Waals surface area contributed by atoms with Crippen LogP contribution in [0, 0.1) is 6.92 Å². The van der Waals surface area contributed by atoms with Gasteiger partial charge in [0.25, 0.3) is 5.91 Å². The predicted molar refractivity (Wildman–Crippen MR) is 128 cm³/mol. The van der Waals surface area contributed by atoms with Crippen LogP contribution in [0.2, 0.25) is 0 Å². The van der Waals surface area contributed by atoms with Gasteiger partial charge in [-0.3, -0.25) is 19.5 Å². The number of anilines is 2. The Hall–Kier alpha value is -4.04. The molecular formula is C25H20N4O3S. The highest BCUT2D eigenvalue weighted by atomic mass is 32.1. The number of carbonyl (C=O) groups is 2. The largest absolute Gasteiger partial charge is 0.482 e. The zero-order valence-electron chi connectivity index (χ0n) is 17.8. The molecule has 0 unspecified atom stereocenters. The number of nitrogens with zero attached hydrogens (tertiary/aromatic N) is 3. The number of aryl methyl sites for hydroxylation is 1. The third-order valence-corrected chi connectivity index (χ3v) is 6.21. The normalized spacial score (nSPS) is 12.8. The number of aromatic nitrogens is 2. The van der Waals surface area contributed by atoms with Gasteiger partial charge >= 0.3 is 0 Å². The third-order valence-electron chi connectivity index (χ3n) is 5.22. The second-order valence-electron chi connectivity index (χ2n) is 7.50. The Morgan fingerprint density at radius 2 is 1.94 bits per heavy atom. The van der Waals surface area contributed by atoms with Crippen molar-refractivity contribution in [1.29, 1.82) is 0 Å². The smallest absolute Gasteiger partial charge is 0.265 e. The van der Waals surface area contributed by atoms with Crippen LogP contribution < -0.4 is 15.0 Å². The Kier molecular flexibility index (Phi) is 5.58. The van der Waals surface area contributed by atoms with E-state index < -0.39 is 0 Å². The standard InChI is InChI=1S/C25H20N4O3S/c1-16-24(28-25(33-16)19-9-5-6-12-26-19)17-10-11-21-20(13-17)29(23(31)15-32-21)14-22(30)27-18-7-3-2-4-8-18/h2-13H,14-15H2,1H3,(H,27,30). The molecule has 0 radical (unpaired) electrons. The number of pyridine rings is 1. The van der Waals surface area contributed by atoms with Crippen LogP contribution in [0.1, 0.15) is 4.88 Å². The number of hydrogen-bond donors (Lipinski definition) is 1. The molecule has 2 amide bonds. The number of nitrogens with one attached hydrogen (secondary N) is 1. The second-order valence-corrected chi connectivity index (χ2v) is 8.71. The van der Waals surface area contributed by atoms with Crippen LogP contribution in [-0.4, -0.2) is 34.9 Å². The molecule has 0 spiro atoms. The Balaban J connectivity index is 1.44. The van der Waals surface area contributed by atoms with Crippen molar-refractivity contribution >= 4 is 34.5 Å². The van der Waals surface area contributed by atoms with E-state index in [1.54, 1.807) is 29.7 Å². The molecule has 0 saturated heterocycles. The van der Waals surface area contributed by atoms with Crippen molar-refractivity contribution in [2.24, 2.45) is 0 Å². The van der Waals surface area contributed by atoms with Crippen molar-refractivity contribution in [3.05, 3.63) is 77.8 Å². The molecule has 0 fully saturated rings. The maximum absolute atomic E-state index is 12.6. The lowest BCUT2D eigenvalue weighted by Gasteiger charge is -2.29. The van der Waals surface area contributed by atoms with E-state index in [4.69, 9.17) is 9.72 Å². The fourth-order valence-electron chi connectivity index (χ4n) is 3.65. The topological polar surface area (TPSA) is 84.4 Å². The van der Waals surface area contributed by atoms with Crippen LogP contribution >= 0.6 is 11.3 Å². The summed E-state index contributed by atoms with van der Waals surface area (Å²) in [5.41, 5.74) is 3.70. The molecule has 4 aromatic rings. The minimum atomic E-state index is -0.282. The molecule has 33 heavy (non-hydrogen) atoms. The highest BCUT2D eigenvalue weighted by Crippen LogP contribution is 2.38. The molecule has 164 valence electrons. The average Bonchev–Trinajstić information content (AvgIpc) is 3.23. The summed E-state index contributed by atoms with van der Waals surface area (Å²) >= 11 is 1.56. The molecule has 0 atom stereocenters. The van der Waals surface area contributed by atoms with Gasteiger partial charge in [-0.2, -0.15) is 0 Å². The van der Waals surface area contributed by atoms with Gasteiger partial charge in [-0.05, 0) is 49.4 Å². The fourth-order valence-corrected chi connectivity index (χ4v) is 4.56. The SMILES string of the molecule is Cc1sc(-c2ccccn2)nc1-c1ccc2c(c1)N(CC(=O)Nc1ccccc1)C(=O)CO2. The summed E-state index contributed by atoms with van der Waals surface area (Å²) in [6.45, 7) is 1.79. The lowest BCUT2D eigenvalue weighted by molar-refractivity contribution is -0.123. The summed E-state index contributed by atoms with van der Waals surface area (Å²) in [6, 6.07) is 20.5. The van der Waals surface area contributed by atoms with Gasteiger partial charge in [0.1, 0.15) is 17.3 Å². The molecule has 3 heterocycles. The van der Waals surface area contributed by atoms with Crippen LogP contribution in [0.15, 0.2) is 72.9 Å². The van der Waals surface area contributed by atoms with Gasteiger partial charge in [0.15, 0.2) is 6.61 Å². The zero-order valence-corrected chi connectivity index (χ0v) is 18.6. The van der Waals surface area contributed by atoms with Gasteiger partial charge in [-0.1, -0.05) is 24.3 Å². The first-order valence-corrected chi connectivity index (χ1v) is 11.2. The number of fused-ring (bicyclic) bond motifs is 1. The van der Waals surface area contributed by atoms with Gasteiger partial charge in [0, 0.05) is 22.3 Å². The molecule has 1 aliphatic heterocycles. The zero-order chi connectivity index (χ0) is 22.8. The van der Waals surface area contributed by atoms with Gasteiger partial charge < -0.3 is 10.1 Å². The Bertz CT molecular complexity index is 1320. The third kappa shape index (κ3) is 4.33. The number of hydrogen-bond acceptors (Lipinski definition) is 6. The molecule has 0 bridgehead atoms. The molecular weight excluding hydrogens is 436 g/mol. The van der Waals surface area contributed by atoms with Gasteiger partial charge in [-0.15, -0.1) is 11.3 Å². The van der Waals surface area contributed by atoms with E-state index in [2.05, 4.69) is 10.3 Å². The van der Waals surface area contributed by atoms with Crippen molar-refractivity contribution in [3.8, 4) is 27.7 Å². The summed E-state index contributed by atoms with van der Waals surface area (Å²) in [6.07, 6.45) is 1.74. The minimum absolute atomic E-state index is 0.107. The van der Waals surface area contributed by atoms with E-state index >= 15 is 0 Å². The summed E-state index contributed by atoms with van der Waals surface area (Å²) in [5.74, 6) is 0.00538. The maximum Gasteiger partial charge on any atom is 0.265 e. The van der Waals surface area contributed by atoms with Crippen molar-refractivity contribution in [2.75, 3.05) is 23.4 Å². The van der Waals surface area contributed by atoms with Crippen LogP contribution in [0.3, 0.4) is 0 Å². The van der Waals surface area contributed by atoms with Crippen molar-refractivity contribution in [1.82, 2.24) is 9.97 Å². The molecule has 5 rings (SSSR count). The fraction of sp³-hybridized carbons (Fsp3) is 0.120. The summed E-state index contributed by atoms with van der Waals surface area (Å²) < 4.78 is 5.61. The van der Waals surface area contributed by atoms with Crippen molar-refractivity contribution < 1.29 is 14.3 Å². The monoisotopic (exact) mass is 456 g/mol. The quantitative estimate of drug-likeness (QED) is 0.476. The summed E-state index contributed by atoms with van der Waals surface area (Å²) in [4.78, 5) is 37.0. The van der Waals surface area contributed by atoms with Gasteiger partial charge in [0.2, 0.25) is 5.91 Å². The van der Waals surface area contributed by atoms with Gasteiger partial charge in [-0.25, -0.2) is 4.98 Å². The predicted octanol–water partition coefficient (Wildman–Crippen LogP) is 4.54. The first kappa shape index (κ1) is 20.8. The van der Waals surface area contributed by atoms with Crippen LogP contribution in [0.4, 0.5) is 11.4 Å². The summed E-state index contributed by atoms with van der Waals surface area (Å²) in [7, 11) is 0. The van der Waals surface area contributed by atoms with E-state index in [1.165, 1.54) is 4.90 Å². The van der Waals surface area contributed by atoms with E-state index in [0.717, 1.165) is 26.8 Å². The molecule has 0 saturated carbocycles. The molecule has 2 aromatic heterocycles. The first-order valence-electron chi connectivity index (χ1n) is 10.4. The number of para-hydroxylation sites is 1. The second kappa shape index (κ2) is 8.84. The number of ether oxygens (including phenoxy) is 1. The lowest BCUT2D eigenvalue weighted by atomic mass is 10.1. The van der Waals surface area contributed by atoms with Crippen molar-refractivity contribution in [2.45, 2.75) is 6.92 Å². The highest BCUT2D eigenvalue weighted by molar-refractivity contribution is 7.15. The first-order chi connectivity index (χ1) is 16.1. The van der Waals surface area contributed by atoms with E-state index in [9.17, 15) is 9.59 Å².